The molecule has 0 aromatic rings. The fourth-order valence-electron chi connectivity index (χ4n) is 1.49. The van der Waals surface area contributed by atoms with Crippen molar-refractivity contribution in [1.29, 1.82) is 0 Å². The number of hydrogen-bond donors (Lipinski definition) is 0. The van der Waals surface area contributed by atoms with Crippen molar-refractivity contribution >= 4 is 12.0 Å². The minimum absolute atomic E-state index is 0.303. The predicted octanol–water partition coefficient (Wildman–Crippen LogP) is 2.61. The van der Waals surface area contributed by atoms with E-state index in [4.69, 9.17) is 4.74 Å². The van der Waals surface area contributed by atoms with Gasteiger partial charge in [-0.15, -0.1) is 0 Å². The molecular weight excluding hydrogens is 206 g/mol. The number of nitrogens with zero attached hydrogens (tertiary/aromatic N) is 1. The summed E-state index contributed by atoms with van der Waals surface area (Å²) in [4.78, 5) is 25.5. The van der Waals surface area contributed by atoms with Crippen LogP contribution in [0, 0.1) is 0 Å². The van der Waals surface area contributed by atoms with Gasteiger partial charge in [-0.2, -0.15) is 4.99 Å². The smallest absolute Gasteiger partial charge is 0.334 e. The van der Waals surface area contributed by atoms with Gasteiger partial charge in [0.2, 0.25) is 6.08 Å². The number of rotatable bonds is 8. The normalized spacial score (nSPS) is 13.7. The summed E-state index contributed by atoms with van der Waals surface area (Å²) < 4.78 is 4.91. The summed E-state index contributed by atoms with van der Waals surface area (Å²) in [6.07, 6.45) is 6.18. The monoisotopic (exact) mass is 227 g/mol. The lowest BCUT2D eigenvalue weighted by Gasteiger charge is -2.20. The summed E-state index contributed by atoms with van der Waals surface area (Å²) in [7, 11) is 0. The molecule has 16 heavy (non-hydrogen) atoms. The number of hydrogen-bond acceptors (Lipinski definition) is 4. The van der Waals surface area contributed by atoms with Crippen molar-refractivity contribution in [1.82, 2.24) is 0 Å². The van der Waals surface area contributed by atoms with E-state index in [1.54, 1.807) is 13.8 Å². The molecule has 0 amide bonds. The van der Waals surface area contributed by atoms with Crippen LogP contribution < -0.4 is 0 Å². The van der Waals surface area contributed by atoms with Gasteiger partial charge in [0.1, 0.15) is 0 Å². The van der Waals surface area contributed by atoms with E-state index in [9.17, 15) is 9.59 Å². The number of aliphatic imine (C=N–C) groups is 1. The zero-order valence-electron chi connectivity index (χ0n) is 10.4. The number of carbonyl (C=O) groups excluding carboxylic acids is 2. The highest BCUT2D eigenvalue weighted by molar-refractivity contribution is 5.81. The molecule has 0 fully saturated rings. The highest BCUT2D eigenvalue weighted by atomic mass is 16.5. The van der Waals surface area contributed by atoms with Gasteiger partial charge >= 0.3 is 5.97 Å². The van der Waals surface area contributed by atoms with Gasteiger partial charge in [-0.25, -0.2) is 9.59 Å². The first kappa shape index (κ1) is 14.8. The Morgan fingerprint density at radius 1 is 1.31 bits per heavy atom. The molecule has 1 atom stereocenters. The minimum atomic E-state index is -1.05. The highest BCUT2D eigenvalue weighted by Crippen LogP contribution is 2.21. The summed E-state index contributed by atoms with van der Waals surface area (Å²) >= 11 is 0. The van der Waals surface area contributed by atoms with E-state index in [1.165, 1.54) is 6.08 Å². The molecule has 4 heteroatoms. The van der Waals surface area contributed by atoms with Crippen LogP contribution in [0.15, 0.2) is 4.99 Å². The third-order valence-electron chi connectivity index (χ3n) is 2.52. The quantitative estimate of drug-likeness (QED) is 0.277. The van der Waals surface area contributed by atoms with Crippen LogP contribution in [0.25, 0.3) is 0 Å². The third kappa shape index (κ3) is 5.08. The zero-order valence-corrected chi connectivity index (χ0v) is 10.4. The molecule has 92 valence electrons. The molecule has 0 aliphatic heterocycles. The Hall–Kier alpha value is -1.15. The van der Waals surface area contributed by atoms with Crippen LogP contribution in [-0.2, 0) is 14.3 Å². The van der Waals surface area contributed by atoms with Crippen LogP contribution in [0.3, 0.4) is 0 Å². The van der Waals surface area contributed by atoms with Gasteiger partial charge in [-0.1, -0.05) is 32.6 Å². The molecule has 0 bridgehead atoms. The highest BCUT2D eigenvalue weighted by Gasteiger charge is 2.33. The second kappa shape index (κ2) is 8.05. The molecule has 0 saturated carbocycles. The molecule has 1 unspecified atom stereocenters. The SMILES string of the molecule is CCCCCCC(C)(N=C=O)C(=O)OCC. The largest absolute Gasteiger partial charge is 0.464 e. The Balaban J connectivity index is 4.33. The van der Waals surface area contributed by atoms with E-state index < -0.39 is 11.5 Å². The van der Waals surface area contributed by atoms with E-state index in [1.807, 2.05) is 0 Å². The number of esters is 1. The number of ether oxygens (including phenoxy) is 1. The lowest BCUT2D eigenvalue weighted by Crippen LogP contribution is -2.35. The van der Waals surface area contributed by atoms with Gasteiger partial charge in [0, 0.05) is 0 Å². The first-order chi connectivity index (χ1) is 7.60. The molecule has 0 heterocycles. The number of unbranched alkanes of at least 4 members (excludes halogenated alkanes) is 3. The number of carbonyl (C=O) groups is 1. The van der Waals surface area contributed by atoms with Crippen LogP contribution in [0.4, 0.5) is 0 Å². The molecule has 0 aliphatic rings. The minimum Gasteiger partial charge on any atom is -0.464 e. The molecule has 0 N–H and O–H groups in total. The summed E-state index contributed by atoms with van der Waals surface area (Å²) in [6, 6.07) is 0. The number of isocyanates is 1. The molecule has 0 saturated heterocycles. The lowest BCUT2D eigenvalue weighted by molar-refractivity contribution is -0.149. The summed E-state index contributed by atoms with van der Waals surface area (Å²) in [5.74, 6) is -0.435. The Labute approximate surface area is 97.1 Å². The van der Waals surface area contributed by atoms with Gasteiger partial charge in [0.25, 0.3) is 0 Å². The van der Waals surface area contributed by atoms with Crippen molar-refractivity contribution in [3.05, 3.63) is 0 Å². The molecule has 0 aromatic carbocycles. The Kier molecular flexibility index (Phi) is 7.48. The van der Waals surface area contributed by atoms with Gasteiger partial charge in [0.15, 0.2) is 5.54 Å². The van der Waals surface area contributed by atoms with E-state index in [0.717, 1.165) is 25.7 Å². The van der Waals surface area contributed by atoms with Crippen molar-refractivity contribution in [2.75, 3.05) is 6.61 Å². The van der Waals surface area contributed by atoms with Crippen molar-refractivity contribution < 1.29 is 14.3 Å². The third-order valence-corrected chi connectivity index (χ3v) is 2.52. The van der Waals surface area contributed by atoms with Gasteiger partial charge in [0.05, 0.1) is 6.61 Å². The Morgan fingerprint density at radius 2 is 2.00 bits per heavy atom. The van der Waals surface area contributed by atoms with Gasteiger partial charge in [-0.3, -0.25) is 0 Å². The van der Waals surface area contributed by atoms with E-state index in [-0.39, 0.29) is 0 Å². The maximum absolute atomic E-state index is 11.6. The molecule has 0 rings (SSSR count). The van der Waals surface area contributed by atoms with Crippen LogP contribution in [0.1, 0.15) is 52.9 Å². The van der Waals surface area contributed by atoms with Crippen LogP contribution in [-0.4, -0.2) is 24.2 Å². The fraction of sp³-hybridized carbons (Fsp3) is 0.833. The second-order valence-electron chi connectivity index (χ2n) is 4.01. The fourth-order valence-corrected chi connectivity index (χ4v) is 1.49. The van der Waals surface area contributed by atoms with Gasteiger partial charge in [-0.05, 0) is 20.3 Å². The average Bonchev–Trinajstić information content (AvgIpc) is 2.25. The molecule has 0 aromatic heterocycles. The van der Waals surface area contributed by atoms with Gasteiger partial charge < -0.3 is 4.74 Å². The summed E-state index contributed by atoms with van der Waals surface area (Å²) in [6.45, 7) is 5.79. The standard InChI is InChI=1S/C12H21NO3/c1-4-6-7-8-9-12(3,13-10-14)11(15)16-5-2/h4-9H2,1-3H3. The van der Waals surface area contributed by atoms with Crippen molar-refractivity contribution in [2.45, 2.75) is 58.4 Å². The Morgan fingerprint density at radius 3 is 2.50 bits per heavy atom. The molecule has 4 nitrogen and oxygen atoms in total. The maximum atomic E-state index is 11.6. The first-order valence-corrected chi connectivity index (χ1v) is 5.87. The topological polar surface area (TPSA) is 55.7 Å². The second-order valence-corrected chi connectivity index (χ2v) is 4.01. The van der Waals surface area contributed by atoms with E-state index >= 15 is 0 Å². The van der Waals surface area contributed by atoms with E-state index in [2.05, 4.69) is 11.9 Å². The molecule has 0 radical (unpaired) electrons. The molecular formula is C12H21NO3. The lowest BCUT2D eigenvalue weighted by atomic mass is 9.95. The first-order valence-electron chi connectivity index (χ1n) is 5.87. The van der Waals surface area contributed by atoms with Crippen molar-refractivity contribution in [3.63, 3.8) is 0 Å². The van der Waals surface area contributed by atoms with Crippen LogP contribution in [0.2, 0.25) is 0 Å². The summed E-state index contributed by atoms with van der Waals surface area (Å²) in [5.41, 5.74) is -1.05. The summed E-state index contributed by atoms with van der Waals surface area (Å²) in [5, 5.41) is 0. The predicted molar refractivity (Wildman–Crippen MR) is 61.9 cm³/mol. The molecule has 0 spiro atoms. The van der Waals surface area contributed by atoms with Crippen LogP contribution >= 0.6 is 0 Å². The van der Waals surface area contributed by atoms with Crippen molar-refractivity contribution in [3.8, 4) is 0 Å². The molecule has 0 aliphatic carbocycles. The van der Waals surface area contributed by atoms with Crippen LogP contribution in [0.5, 0.6) is 0 Å². The maximum Gasteiger partial charge on any atom is 0.334 e. The van der Waals surface area contributed by atoms with E-state index in [0.29, 0.717) is 13.0 Å². The Bertz CT molecular complexity index is 259. The average molecular weight is 227 g/mol. The van der Waals surface area contributed by atoms with Crippen molar-refractivity contribution in [2.24, 2.45) is 4.99 Å². The zero-order chi connectivity index (χ0) is 12.4.